The van der Waals surface area contributed by atoms with E-state index in [0.29, 0.717) is 31.8 Å². The zero-order chi connectivity index (χ0) is 11.8. The van der Waals surface area contributed by atoms with Gasteiger partial charge in [0.15, 0.2) is 0 Å². The second kappa shape index (κ2) is 3.77. The largest absolute Gasteiger partial charge is 0.453 e. The number of likely N-dealkylation sites (tertiary alicyclic amines) is 1. The van der Waals surface area contributed by atoms with Crippen LogP contribution in [0, 0.1) is 0 Å². The molecule has 16 heavy (non-hydrogen) atoms. The number of hydrogen-bond acceptors (Lipinski definition) is 4. The van der Waals surface area contributed by atoms with Crippen molar-refractivity contribution in [3.05, 3.63) is 0 Å². The van der Waals surface area contributed by atoms with Gasteiger partial charge < -0.3 is 15.0 Å². The van der Waals surface area contributed by atoms with Crippen LogP contribution < -0.4 is 5.32 Å². The van der Waals surface area contributed by atoms with Gasteiger partial charge in [0.1, 0.15) is 11.4 Å². The van der Waals surface area contributed by atoms with E-state index >= 15 is 0 Å². The number of piperidine rings is 1. The van der Waals surface area contributed by atoms with E-state index in [4.69, 9.17) is 0 Å². The zero-order valence-electron chi connectivity index (χ0n) is 9.45. The molecule has 0 saturated carbocycles. The van der Waals surface area contributed by atoms with Crippen LogP contribution in [-0.2, 0) is 9.53 Å². The van der Waals surface area contributed by atoms with E-state index in [2.05, 4.69) is 15.0 Å². The SMILES string of the molecule is COC(=O)N1CCC2(CC1)N=C(C)NC2=O. The van der Waals surface area contributed by atoms with Crippen molar-refractivity contribution in [1.29, 1.82) is 0 Å². The molecule has 0 aromatic rings. The summed E-state index contributed by atoms with van der Waals surface area (Å²) < 4.78 is 4.64. The Kier molecular flexibility index (Phi) is 2.57. The molecule has 0 aromatic heterocycles. The van der Waals surface area contributed by atoms with Gasteiger partial charge in [0.25, 0.3) is 5.91 Å². The van der Waals surface area contributed by atoms with Crippen LogP contribution in [0.4, 0.5) is 4.79 Å². The van der Waals surface area contributed by atoms with E-state index in [9.17, 15) is 9.59 Å². The number of methoxy groups -OCH3 is 1. The molecule has 1 N–H and O–H groups in total. The Morgan fingerprint density at radius 2 is 2.12 bits per heavy atom. The van der Waals surface area contributed by atoms with Gasteiger partial charge in [0, 0.05) is 13.1 Å². The van der Waals surface area contributed by atoms with Crippen LogP contribution in [0.2, 0.25) is 0 Å². The molecule has 1 saturated heterocycles. The molecule has 2 heterocycles. The zero-order valence-corrected chi connectivity index (χ0v) is 9.45. The van der Waals surface area contributed by atoms with E-state index in [1.807, 2.05) is 0 Å². The minimum Gasteiger partial charge on any atom is -0.453 e. The molecule has 1 fully saturated rings. The first-order valence-electron chi connectivity index (χ1n) is 5.28. The number of amidine groups is 1. The Balaban J connectivity index is 2.05. The number of carbonyl (C=O) groups is 2. The van der Waals surface area contributed by atoms with Crippen molar-refractivity contribution in [1.82, 2.24) is 10.2 Å². The number of carbonyl (C=O) groups excluding carboxylic acids is 2. The number of nitrogens with one attached hydrogen (secondary N) is 1. The average molecular weight is 225 g/mol. The predicted molar refractivity (Wildman–Crippen MR) is 57.2 cm³/mol. The van der Waals surface area contributed by atoms with Gasteiger partial charge in [0.2, 0.25) is 0 Å². The predicted octanol–water partition coefficient (Wildman–Crippen LogP) is 0.136. The third kappa shape index (κ3) is 1.64. The van der Waals surface area contributed by atoms with Crippen LogP contribution in [0.15, 0.2) is 4.99 Å². The Morgan fingerprint density at radius 1 is 1.50 bits per heavy atom. The summed E-state index contributed by atoms with van der Waals surface area (Å²) in [5.41, 5.74) is -0.644. The molecule has 0 unspecified atom stereocenters. The van der Waals surface area contributed by atoms with E-state index in [0.717, 1.165) is 0 Å². The highest BCUT2D eigenvalue weighted by Gasteiger charge is 2.45. The molecule has 0 bridgehead atoms. The molecular weight excluding hydrogens is 210 g/mol. The van der Waals surface area contributed by atoms with Crippen molar-refractivity contribution in [2.45, 2.75) is 25.3 Å². The fourth-order valence-electron chi connectivity index (χ4n) is 2.21. The van der Waals surface area contributed by atoms with Gasteiger partial charge in [0.05, 0.1) is 7.11 Å². The van der Waals surface area contributed by atoms with Gasteiger partial charge in [-0.3, -0.25) is 9.79 Å². The fourth-order valence-corrected chi connectivity index (χ4v) is 2.21. The monoisotopic (exact) mass is 225 g/mol. The summed E-state index contributed by atoms with van der Waals surface area (Å²) in [4.78, 5) is 29.0. The molecule has 88 valence electrons. The van der Waals surface area contributed by atoms with Crippen LogP contribution >= 0.6 is 0 Å². The summed E-state index contributed by atoms with van der Waals surface area (Å²) >= 11 is 0. The lowest BCUT2D eigenvalue weighted by molar-refractivity contribution is -0.125. The Hall–Kier alpha value is -1.59. The van der Waals surface area contributed by atoms with Crippen LogP contribution in [-0.4, -0.2) is 48.5 Å². The van der Waals surface area contributed by atoms with Crippen LogP contribution in [0.3, 0.4) is 0 Å². The number of aliphatic imine (C=N–C) groups is 1. The maximum atomic E-state index is 11.7. The number of nitrogens with zero attached hydrogens (tertiary/aromatic N) is 2. The summed E-state index contributed by atoms with van der Waals surface area (Å²) in [6.45, 7) is 2.80. The fraction of sp³-hybridized carbons (Fsp3) is 0.700. The molecule has 0 aromatic carbocycles. The van der Waals surface area contributed by atoms with Crippen LogP contribution in [0.1, 0.15) is 19.8 Å². The van der Waals surface area contributed by atoms with Crippen LogP contribution in [0.25, 0.3) is 0 Å². The van der Waals surface area contributed by atoms with Gasteiger partial charge in [-0.1, -0.05) is 0 Å². The number of ether oxygens (including phenoxy) is 1. The lowest BCUT2D eigenvalue weighted by atomic mass is 9.88. The smallest absolute Gasteiger partial charge is 0.409 e. The minimum atomic E-state index is -0.644. The standard InChI is InChI=1S/C10H15N3O3/c1-7-11-8(14)10(12-7)3-5-13(6-4-10)9(15)16-2/h3-6H2,1-2H3,(H,11,12,14). The second-order valence-corrected chi connectivity index (χ2v) is 4.14. The lowest BCUT2D eigenvalue weighted by Crippen LogP contribution is -2.50. The highest BCUT2D eigenvalue weighted by molar-refractivity contribution is 6.07. The van der Waals surface area contributed by atoms with E-state index in [1.165, 1.54) is 7.11 Å². The van der Waals surface area contributed by atoms with E-state index < -0.39 is 5.54 Å². The van der Waals surface area contributed by atoms with E-state index in [1.54, 1.807) is 11.8 Å². The number of amides is 2. The van der Waals surface area contributed by atoms with Crippen molar-refractivity contribution >= 4 is 17.8 Å². The van der Waals surface area contributed by atoms with Crippen molar-refractivity contribution in [3.8, 4) is 0 Å². The van der Waals surface area contributed by atoms with Gasteiger partial charge in [-0.25, -0.2) is 4.79 Å². The van der Waals surface area contributed by atoms with Crippen molar-refractivity contribution in [2.75, 3.05) is 20.2 Å². The molecule has 0 radical (unpaired) electrons. The normalized spacial score (nSPS) is 23.0. The Morgan fingerprint density at radius 3 is 2.56 bits per heavy atom. The van der Waals surface area contributed by atoms with Gasteiger partial charge >= 0.3 is 6.09 Å². The van der Waals surface area contributed by atoms with Gasteiger partial charge in [-0.15, -0.1) is 0 Å². The molecule has 2 amide bonds. The minimum absolute atomic E-state index is 0.0467. The maximum Gasteiger partial charge on any atom is 0.409 e. The highest BCUT2D eigenvalue weighted by Crippen LogP contribution is 2.29. The van der Waals surface area contributed by atoms with Crippen molar-refractivity contribution in [2.24, 2.45) is 4.99 Å². The first-order chi connectivity index (χ1) is 7.57. The lowest BCUT2D eigenvalue weighted by Gasteiger charge is -2.34. The summed E-state index contributed by atoms with van der Waals surface area (Å²) in [6.07, 6.45) is 0.783. The first kappa shape index (κ1) is 10.9. The molecular formula is C10H15N3O3. The van der Waals surface area contributed by atoms with Crippen LogP contribution in [0.5, 0.6) is 0 Å². The summed E-state index contributed by atoms with van der Waals surface area (Å²) in [5, 5.41) is 2.71. The molecule has 1 spiro atoms. The highest BCUT2D eigenvalue weighted by atomic mass is 16.5. The van der Waals surface area contributed by atoms with Gasteiger partial charge in [-0.05, 0) is 19.8 Å². The summed E-state index contributed by atoms with van der Waals surface area (Å²) in [7, 11) is 1.36. The molecule has 6 nitrogen and oxygen atoms in total. The summed E-state index contributed by atoms with van der Waals surface area (Å²) in [5.74, 6) is 0.617. The second-order valence-electron chi connectivity index (χ2n) is 4.14. The Labute approximate surface area is 93.7 Å². The van der Waals surface area contributed by atoms with Crippen molar-refractivity contribution < 1.29 is 14.3 Å². The third-order valence-corrected chi connectivity index (χ3v) is 3.12. The molecule has 6 heteroatoms. The molecule has 2 aliphatic rings. The maximum absolute atomic E-state index is 11.7. The third-order valence-electron chi connectivity index (χ3n) is 3.12. The quantitative estimate of drug-likeness (QED) is 0.637. The van der Waals surface area contributed by atoms with Gasteiger partial charge in [-0.2, -0.15) is 0 Å². The van der Waals surface area contributed by atoms with Crippen molar-refractivity contribution in [3.63, 3.8) is 0 Å². The topological polar surface area (TPSA) is 71.0 Å². The molecule has 0 aliphatic carbocycles. The average Bonchev–Trinajstić information content (AvgIpc) is 2.54. The van der Waals surface area contributed by atoms with E-state index in [-0.39, 0.29) is 12.0 Å². The number of rotatable bonds is 0. The first-order valence-corrected chi connectivity index (χ1v) is 5.28. The molecule has 2 aliphatic heterocycles. The summed E-state index contributed by atoms with van der Waals surface area (Å²) in [6, 6.07) is 0. The molecule has 0 atom stereocenters. The molecule has 2 rings (SSSR count). The Bertz CT molecular complexity index is 356. The number of hydrogen-bond donors (Lipinski definition) is 1.